The fourth-order valence-corrected chi connectivity index (χ4v) is 3.83. The van der Waals surface area contributed by atoms with E-state index in [1.54, 1.807) is 0 Å². The third kappa shape index (κ3) is 5.77. The molecule has 0 unspecified atom stereocenters. The number of halogens is 1. The minimum atomic E-state index is -3.59. The molecule has 0 bridgehead atoms. The summed E-state index contributed by atoms with van der Waals surface area (Å²) in [4.78, 5) is 18.4. The van der Waals surface area contributed by atoms with Crippen molar-refractivity contribution in [2.24, 2.45) is 0 Å². The molecule has 2 aromatic rings. The van der Waals surface area contributed by atoms with Crippen LogP contribution in [0.2, 0.25) is 5.15 Å². The third-order valence-corrected chi connectivity index (χ3v) is 5.43. The Morgan fingerprint density at radius 1 is 1.12 bits per heavy atom. The first-order chi connectivity index (χ1) is 12.3. The first-order valence-electron chi connectivity index (χ1n) is 8.44. The number of nitrogens with one attached hydrogen (secondary N) is 1. The van der Waals surface area contributed by atoms with Crippen LogP contribution < -0.4 is 4.72 Å². The van der Waals surface area contributed by atoms with E-state index in [2.05, 4.69) is 21.6 Å². The zero-order chi connectivity index (χ0) is 19.2. The predicted molar refractivity (Wildman–Crippen MR) is 102 cm³/mol. The molecule has 1 N–H and O–H groups in total. The van der Waals surface area contributed by atoms with Crippen molar-refractivity contribution in [3.05, 3.63) is 33.5 Å². The molecule has 1 heterocycles. The van der Waals surface area contributed by atoms with Gasteiger partial charge in [0.2, 0.25) is 10.0 Å². The first kappa shape index (κ1) is 20.3. The Balaban J connectivity index is 2.06. The number of hydrogen-bond donors (Lipinski definition) is 1. The second kappa shape index (κ2) is 9.09. The number of rotatable bonds is 10. The molecule has 0 amide bonds. The van der Waals surface area contributed by atoms with E-state index in [1.165, 1.54) is 18.2 Å². The maximum atomic E-state index is 12.2. The highest BCUT2D eigenvalue weighted by atomic mass is 35.5. The van der Waals surface area contributed by atoms with Crippen molar-refractivity contribution >= 4 is 44.2 Å². The monoisotopic (exact) mass is 400 g/mol. The normalized spacial score (nSPS) is 11.6. The molecule has 0 aliphatic rings. The lowest BCUT2D eigenvalue weighted by atomic mass is 10.1. The smallest absolute Gasteiger partial charge is 0.265 e. The molecular formula is C16H21ClN4O4S. The summed E-state index contributed by atoms with van der Waals surface area (Å²) < 4.78 is 26.7. The molecule has 10 heteroatoms. The van der Waals surface area contributed by atoms with Gasteiger partial charge in [-0.2, -0.15) is 0 Å². The number of nitrogens with zero attached hydrogens (tertiary/aromatic N) is 3. The van der Waals surface area contributed by atoms with E-state index in [9.17, 15) is 18.5 Å². The van der Waals surface area contributed by atoms with Crippen LogP contribution in [0.3, 0.4) is 0 Å². The summed E-state index contributed by atoms with van der Waals surface area (Å²) >= 11 is 5.99. The van der Waals surface area contributed by atoms with Crippen LogP contribution >= 0.6 is 11.6 Å². The summed E-state index contributed by atoms with van der Waals surface area (Å²) in [5, 5.41) is 10.7. The van der Waals surface area contributed by atoms with Gasteiger partial charge in [0.15, 0.2) is 11.0 Å². The van der Waals surface area contributed by atoms with Crippen LogP contribution in [0, 0.1) is 10.1 Å². The molecule has 0 aliphatic carbocycles. The molecule has 1 aromatic heterocycles. The molecule has 0 saturated carbocycles. The van der Waals surface area contributed by atoms with E-state index in [-0.39, 0.29) is 27.9 Å². The average molecular weight is 401 g/mol. The second-order valence-corrected chi connectivity index (χ2v) is 8.18. The van der Waals surface area contributed by atoms with Gasteiger partial charge in [0.25, 0.3) is 5.69 Å². The van der Waals surface area contributed by atoms with Gasteiger partial charge in [0, 0.05) is 12.1 Å². The van der Waals surface area contributed by atoms with E-state index in [0.29, 0.717) is 11.9 Å². The van der Waals surface area contributed by atoms with Crippen LogP contribution in [-0.2, 0) is 10.0 Å². The minimum Gasteiger partial charge on any atom is -0.265 e. The van der Waals surface area contributed by atoms with E-state index in [0.717, 1.165) is 32.1 Å². The van der Waals surface area contributed by atoms with Crippen molar-refractivity contribution in [3.8, 4) is 0 Å². The van der Waals surface area contributed by atoms with Crippen LogP contribution in [-0.4, -0.2) is 29.1 Å². The van der Waals surface area contributed by atoms with Gasteiger partial charge in [-0.25, -0.2) is 18.4 Å². The van der Waals surface area contributed by atoms with Crippen molar-refractivity contribution in [2.75, 3.05) is 10.5 Å². The van der Waals surface area contributed by atoms with Gasteiger partial charge in [-0.3, -0.25) is 14.8 Å². The lowest BCUT2D eigenvalue weighted by Gasteiger charge is -2.09. The first-order valence-corrected chi connectivity index (χ1v) is 10.5. The molecule has 26 heavy (non-hydrogen) atoms. The number of non-ortho nitro benzene ring substituents is 1. The molecule has 0 spiro atoms. The summed E-state index contributed by atoms with van der Waals surface area (Å²) in [5.41, 5.74) is 0.402. The van der Waals surface area contributed by atoms with Crippen LogP contribution in [0.25, 0.3) is 11.0 Å². The van der Waals surface area contributed by atoms with E-state index < -0.39 is 14.9 Å². The third-order valence-electron chi connectivity index (χ3n) is 3.83. The molecule has 1 aromatic carbocycles. The number of fused-ring (bicyclic) bond motifs is 1. The predicted octanol–water partition coefficient (Wildman–Crippen LogP) is 4.29. The molecule has 0 aliphatic heterocycles. The highest BCUT2D eigenvalue weighted by Crippen LogP contribution is 2.25. The lowest BCUT2D eigenvalue weighted by molar-refractivity contribution is -0.384. The molecule has 0 radical (unpaired) electrons. The Hall–Kier alpha value is -2.00. The Labute approximate surface area is 157 Å². The topological polar surface area (TPSA) is 115 Å². The number of nitro groups is 1. The Morgan fingerprint density at radius 3 is 2.50 bits per heavy atom. The van der Waals surface area contributed by atoms with Gasteiger partial charge >= 0.3 is 0 Å². The largest absolute Gasteiger partial charge is 0.271 e. The van der Waals surface area contributed by atoms with Crippen molar-refractivity contribution in [1.82, 2.24) is 9.97 Å². The quantitative estimate of drug-likeness (QED) is 0.361. The fourth-order valence-electron chi connectivity index (χ4n) is 2.47. The molecular weight excluding hydrogens is 380 g/mol. The van der Waals surface area contributed by atoms with Gasteiger partial charge in [0.05, 0.1) is 21.7 Å². The van der Waals surface area contributed by atoms with Gasteiger partial charge in [-0.1, -0.05) is 50.6 Å². The van der Waals surface area contributed by atoms with Crippen molar-refractivity contribution < 1.29 is 13.3 Å². The Kier molecular flexibility index (Phi) is 7.10. The van der Waals surface area contributed by atoms with Crippen molar-refractivity contribution in [3.63, 3.8) is 0 Å². The fraction of sp³-hybridized carbons (Fsp3) is 0.500. The number of unbranched alkanes of at least 4 members (excludes halogenated alkanes) is 5. The van der Waals surface area contributed by atoms with Gasteiger partial charge < -0.3 is 0 Å². The molecule has 8 nitrogen and oxygen atoms in total. The van der Waals surface area contributed by atoms with E-state index >= 15 is 0 Å². The summed E-state index contributed by atoms with van der Waals surface area (Å²) in [5.74, 6) is -0.0888. The zero-order valence-corrected chi connectivity index (χ0v) is 16.0. The van der Waals surface area contributed by atoms with E-state index in [1.807, 2.05) is 0 Å². The number of aromatic nitrogens is 2. The number of nitro benzene ring substituents is 1. The second-order valence-electron chi connectivity index (χ2n) is 5.98. The minimum absolute atomic E-state index is 0.0184. The SMILES string of the molecule is CCCCCCCCS(=O)(=O)Nc1nc2ccc([N+](=O)[O-])cc2nc1Cl. The highest BCUT2D eigenvalue weighted by Gasteiger charge is 2.16. The van der Waals surface area contributed by atoms with Crippen LogP contribution in [0.4, 0.5) is 11.5 Å². The highest BCUT2D eigenvalue weighted by molar-refractivity contribution is 7.92. The van der Waals surface area contributed by atoms with Gasteiger partial charge in [-0.05, 0) is 12.5 Å². The maximum Gasteiger partial charge on any atom is 0.271 e. The van der Waals surface area contributed by atoms with Gasteiger partial charge in [0.1, 0.15) is 0 Å². The van der Waals surface area contributed by atoms with Crippen LogP contribution in [0.5, 0.6) is 0 Å². The summed E-state index contributed by atoms with van der Waals surface area (Å²) in [6.07, 6.45) is 5.83. The maximum absolute atomic E-state index is 12.2. The lowest BCUT2D eigenvalue weighted by Crippen LogP contribution is -2.18. The molecule has 0 atom stereocenters. The molecule has 0 fully saturated rings. The summed E-state index contributed by atoms with van der Waals surface area (Å²) in [6, 6.07) is 3.92. The van der Waals surface area contributed by atoms with Gasteiger partial charge in [-0.15, -0.1) is 0 Å². The van der Waals surface area contributed by atoms with Crippen molar-refractivity contribution in [2.45, 2.75) is 45.4 Å². The number of sulfonamides is 1. The Bertz CT molecular complexity index is 889. The number of anilines is 1. The molecule has 2 rings (SSSR count). The number of hydrogen-bond acceptors (Lipinski definition) is 6. The van der Waals surface area contributed by atoms with Crippen LogP contribution in [0.1, 0.15) is 45.4 Å². The van der Waals surface area contributed by atoms with Crippen LogP contribution in [0.15, 0.2) is 18.2 Å². The number of benzene rings is 1. The molecule has 142 valence electrons. The standard InChI is InChI=1S/C16H21ClN4O4S/c1-2-3-4-5-6-7-10-26(24,25)20-16-15(17)18-14-11-12(21(22)23)8-9-13(14)19-16/h8-9,11H,2-7,10H2,1H3,(H,19,20). The summed E-state index contributed by atoms with van der Waals surface area (Å²) in [7, 11) is -3.59. The molecule has 0 saturated heterocycles. The zero-order valence-electron chi connectivity index (χ0n) is 14.4. The van der Waals surface area contributed by atoms with Crippen molar-refractivity contribution in [1.29, 1.82) is 0 Å². The van der Waals surface area contributed by atoms with E-state index in [4.69, 9.17) is 11.6 Å². The summed E-state index contributed by atoms with van der Waals surface area (Å²) in [6.45, 7) is 2.13. The average Bonchev–Trinajstić information content (AvgIpc) is 2.58. The Morgan fingerprint density at radius 2 is 1.81 bits per heavy atom.